The standard InChI is InChI=1S/C5H12NO/c1-4(2)5(7)6-3/h5-7H,1-3H3. The van der Waals surface area contributed by atoms with E-state index in [9.17, 15) is 0 Å². The van der Waals surface area contributed by atoms with Gasteiger partial charge in [0.1, 0.15) is 6.23 Å². The van der Waals surface area contributed by atoms with Gasteiger partial charge in [-0.3, -0.25) is 5.32 Å². The predicted octanol–water partition coefficient (Wildman–Crippen LogP) is 0.138. The molecule has 0 saturated heterocycles. The molecule has 7 heavy (non-hydrogen) atoms. The lowest BCUT2D eigenvalue weighted by Crippen LogP contribution is -2.28. The maximum atomic E-state index is 8.79. The Bertz CT molecular complexity index is 45.3. The maximum Gasteiger partial charge on any atom is 0.110 e. The third kappa shape index (κ3) is 2.60. The van der Waals surface area contributed by atoms with Crippen LogP contribution >= 0.6 is 0 Å². The molecule has 0 aliphatic heterocycles. The number of hydrogen-bond donors (Lipinski definition) is 2. The highest BCUT2D eigenvalue weighted by molar-refractivity contribution is 4.83. The van der Waals surface area contributed by atoms with E-state index in [0.717, 1.165) is 5.92 Å². The average Bonchev–Trinajstić information content (AvgIpc) is 1.65. The Hall–Kier alpha value is -0.0800. The highest BCUT2D eigenvalue weighted by Crippen LogP contribution is 1.97. The maximum absolute atomic E-state index is 8.79. The van der Waals surface area contributed by atoms with E-state index in [-0.39, 0.29) is 0 Å². The van der Waals surface area contributed by atoms with Crippen molar-refractivity contribution in [3.63, 3.8) is 0 Å². The molecule has 0 aliphatic carbocycles. The smallest absolute Gasteiger partial charge is 0.110 e. The number of rotatable bonds is 2. The minimum absolute atomic E-state index is 0.431. The van der Waals surface area contributed by atoms with Crippen molar-refractivity contribution in [2.75, 3.05) is 7.05 Å². The average molecular weight is 102 g/mol. The summed E-state index contributed by atoms with van der Waals surface area (Å²) < 4.78 is 0. The lowest BCUT2D eigenvalue weighted by Gasteiger charge is -2.10. The second-order valence-corrected chi connectivity index (χ2v) is 1.77. The molecule has 0 fully saturated rings. The lowest BCUT2D eigenvalue weighted by atomic mass is 10.2. The first-order valence-corrected chi connectivity index (χ1v) is 2.34. The van der Waals surface area contributed by atoms with Gasteiger partial charge in [-0.2, -0.15) is 0 Å². The molecule has 0 heterocycles. The molecule has 2 heteroatoms. The molecule has 0 rings (SSSR count). The molecule has 0 aromatic heterocycles. The fraction of sp³-hybridized carbons (Fsp3) is 0.800. The second-order valence-electron chi connectivity index (χ2n) is 1.77. The molecule has 0 aromatic rings. The van der Waals surface area contributed by atoms with Gasteiger partial charge in [-0.05, 0) is 7.05 Å². The van der Waals surface area contributed by atoms with E-state index < -0.39 is 6.23 Å². The van der Waals surface area contributed by atoms with Gasteiger partial charge in [-0.15, -0.1) is 0 Å². The molecule has 0 aromatic carbocycles. The summed E-state index contributed by atoms with van der Waals surface area (Å²) in [5, 5.41) is 11.5. The molecule has 0 aliphatic rings. The normalized spacial score (nSPS) is 15.0. The molecule has 0 bridgehead atoms. The number of nitrogens with one attached hydrogen (secondary N) is 1. The Morgan fingerprint density at radius 3 is 2.00 bits per heavy atom. The summed E-state index contributed by atoms with van der Waals surface area (Å²) in [5.74, 6) is 0.988. The number of hydrogen-bond acceptors (Lipinski definition) is 2. The summed E-state index contributed by atoms with van der Waals surface area (Å²) >= 11 is 0. The van der Waals surface area contributed by atoms with Crippen molar-refractivity contribution >= 4 is 0 Å². The van der Waals surface area contributed by atoms with E-state index in [2.05, 4.69) is 5.32 Å². The monoisotopic (exact) mass is 102 g/mol. The van der Waals surface area contributed by atoms with Crippen LogP contribution in [0.3, 0.4) is 0 Å². The topological polar surface area (TPSA) is 32.3 Å². The summed E-state index contributed by atoms with van der Waals surface area (Å²) in [7, 11) is 1.72. The molecule has 1 atom stereocenters. The molecule has 1 unspecified atom stereocenters. The Morgan fingerprint density at radius 1 is 1.57 bits per heavy atom. The van der Waals surface area contributed by atoms with E-state index in [4.69, 9.17) is 5.11 Å². The van der Waals surface area contributed by atoms with Crippen molar-refractivity contribution in [3.05, 3.63) is 5.92 Å². The van der Waals surface area contributed by atoms with Crippen LogP contribution in [-0.4, -0.2) is 18.4 Å². The molecule has 0 saturated carbocycles. The molecule has 1 radical (unpaired) electrons. The van der Waals surface area contributed by atoms with Crippen LogP contribution < -0.4 is 5.32 Å². The van der Waals surface area contributed by atoms with Gasteiger partial charge >= 0.3 is 0 Å². The molecule has 43 valence electrons. The highest BCUT2D eigenvalue weighted by Gasteiger charge is 2.03. The fourth-order valence-corrected chi connectivity index (χ4v) is 0.289. The van der Waals surface area contributed by atoms with Crippen LogP contribution in [0, 0.1) is 5.92 Å². The summed E-state index contributed by atoms with van der Waals surface area (Å²) in [6, 6.07) is 0. The Kier molecular flexibility index (Phi) is 2.96. The zero-order chi connectivity index (χ0) is 5.86. The van der Waals surface area contributed by atoms with Crippen LogP contribution in [0.5, 0.6) is 0 Å². The number of aliphatic hydroxyl groups excluding tert-OH is 1. The van der Waals surface area contributed by atoms with Crippen LogP contribution in [0.25, 0.3) is 0 Å². The molecular formula is C5H12NO. The Morgan fingerprint density at radius 2 is 2.00 bits per heavy atom. The van der Waals surface area contributed by atoms with Gasteiger partial charge in [0.2, 0.25) is 0 Å². The largest absolute Gasteiger partial charge is 0.378 e. The minimum Gasteiger partial charge on any atom is -0.378 e. The van der Waals surface area contributed by atoms with E-state index in [0.29, 0.717) is 0 Å². The fourth-order valence-electron chi connectivity index (χ4n) is 0.289. The van der Waals surface area contributed by atoms with Crippen molar-refractivity contribution < 1.29 is 5.11 Å². The Balaban J connectivity index is 3.14. The zero-order valence-corrected chi connectivity index (χ0v) is 5.02. The van der Waals surface area contributed by atoms with E-state index in [1.54, 1.807) is 7.05 Å². The lowest BCUT2D eigenvalue weighted by molar-refractivity contribution is 0.161. The van der Waals surface area contributed by atoms with Crippen LogP contribution in [0.15, 0.2) is 0 Å². The predicted molar refractivity (Wildman–Crippen MR) is 29.7 cm³/mol. The SMILES string of the molecule is CNC(O)[C](C)C. The summed E-state index contributed by atoms with van der Waals surface area (Å²) in [6.07, 6.45) is -0.431. The van der Waals surface area contributed by atoms with Gasteiger partial charge in [0, 0.05) is 5.92 Å². The van der Waals surface area contributed by atoms with Crippen LogP contribution in [0.4, 0.5) is 0 Å². The van der Waals surface area contributed by atoms with Gasteiger partial charge in [0.15, 0.2) is 0 Å². The van der Waals surface area contributed by atoms with Gasteiger partial charge < -0.3 is 5.11 Å². The highest BCUT2D eigenvalue weighted by atomic mass is 16.3. The second kappa shape index (κ2) is 2.99. The quantitative estimate of drug-likeness (QED) is 0.486. The van der Waals surface area contributed by atoms with Crippen LogP contribution in [-0.2, 0) is 0 Å². The van der Waals surface area contributed by atoms with Crippen molar-refractivity contribution in [2.45, 2.75) is 20.1 Å². The van der Waals surface area contributed by atoms with Crippen molar-refractivity contribution in [1.29, 1.82) is 0 Å². The minimum atomic E-state index is -0.431. The molecule has 2 N–H and O–H groups in total. The van der Waals surface area contributed by atoms with E-state index >= 15 is 0 Å². The van der Waals surface area contributed by atoms with Gasteiger partial charge in [0.25, 0.3) is 0 Å². The number of aliphatic hydroxyl groups is 1. The van der Waals surface area contributed by atoms with Crippen molar-refractivity contribution in [2.24, 2.45) is 0 Å². The first kappa shape index (κ1) is 6.92. The van der Waals surface area contributed by atoms with E-state index in [1.165, 1.54) is 0 Å². The first-order valence-electron chi connectivity index (χ1n) is 2.34. The molecule has 0 spiro atoms. The van der Waals surface area contributed by atoms with Gasteiger partial charge in [-0.1, -0.05) is 13.8 Å². The zero-order valence-electron chi connectivity index (χ0n) is 5.02. The van der Waals surface area contributed by atoms with Gasteiger partial charge in [0.05, 0.1) is 0 Å². The first-order chi connectivity index (χ1) is 3.18. The van der Waals surface area contributed by atoms with Gasteiger partial charge in [-0.25, -0.2) is 0 Å². The van der Waals surface area contributed by atoms with Crippen molar-refractivity contribution in [3.8, 4) is 0 Å². The third-order valence-electron chi connectivity index (χ3n) is 0.820. The van der Waals surface area contributed by atoms with Crippen LogP contribution in [0.2, 0.25) is 0 Å². The van der Waals surface area contributed by atoms with Crippen molar-refractivity contribution in [1.82, 2.24) is 5.32 Å². The Labute approximate surface area is 44.5 Å². The summed E-state index contributed by atoms with van der Waals surface area (Å²) in [4.78, 5) is 0. The van der Waals surface area contributed by atoms with E-state index in [1.807, 2.05) is 13.8 Å². The molecular weight excluding hydrogens is 90.1 g/mol. The summed E-state index contributed by atoms with van der Waals surface area (Å²) in [5.41, 5.74) is 0. The third-order valence-corrected chi connectivity index (χ3v) is 0.820. The molecule has 2 nitrogen and oxygen atoms in total. The van der Waals surface area contributed by atoms with Crippen LogP contribution in [0.1, 0.15) is 13.8 Å². The summed E-state index contributed by atoms with van der Waals surface area (Å²) in [6.45, 7) is 3.75. The molecule has 0 amide bonds.